The average molecular weight is 441 g/mol. The summed E-state index contributed by atoms with van der Waals surface area (Å²) in [5.74, 6) is 0.592. The van der Waals surface area contributed by atoms with E-state index in [1.54, 1.807) is 6.92 Å². The summed E-state index contributed by atoms with van der Waals surface area (Å²) < 4.78 is 12.4. The number of carbonyl (C=O) groups excluding carboxylic acids is 1. The van der Waals surface area contributed by atoms with Crippen molar-refractivity contribution in [1.29, 1.82) is 0 Å². The summed E-state index contributed by atoms with van der Waals surface area (Å²) in [6.45, 7) is 6.15. The first-order valence-electron chi connectivity index (χ1n) is 9.60. The number of rotatable bonds is 10. The molecule has 1 heterocycles. The van der Waals surface area contributed by atoms with Crippen LogP contribution in [0.3, 0.4) is 0 Å². The number of carbonyl (C=O) groups is 2. The van der Waals surface area contributed by atoms with E-state index in [0.717, 1.165) is 54.3 Å². The Morgan fingerprint density at radius 1 is 1.41 bits per heavy atom. The van der Waals surface area contributed by atoms with E-state index in [1.807, 2.05) is 13.0 Å². The van der Waals surface area contributed by atoms with Crippen LogP contribution in [-0.4, -0.2) is 34.4 Å². The third-order valence-corrected chi connectivity index (χ3v) is 5.51. The Labute approximate surface area is 169 Å². The topological polar surface area (TPSA) is 72.8 Å². The highest BCUT2D eigenvalue weighted by atomic mass is 79.9. The second kappa shape index (κ2) is 9.58. The molecule has 0 spiro atoms. The van der Waals surface area contributed by atoms with E-state index in [0.29, 0.717) is 24.3 Å². The number of aliphatic carboxylic acids is 1. The first-order chi connectivity index (χ1) is 12.8. The molecule has 6 heteroatoms. The SMILES string of the molecule is CCCc1c2c(cc(C(C)=O)c1OCCCBr)CCC(C)(CCC(=O)O)O2. The molecule has 150 valence electrons. The van der Waals surface area contributed by atoms with Gasteiger partial charge in [-0.3, -0.25) is 9.59 Å². The van der Waals surface area contributed by atoms with Crippen LogP contribution in [0.25, 0.3) is 0 Å². The molecule has 1 atom stereocenters. The monoisotopic (exact) mass is 440 g/mol. The van der Waals surface area contributed by atoms with E-state index in [4.69, 9.17) is 14.6 Å². The lowest BCUT2D eigenvalue weighted by molar-refractivity contribution is -0.138. The van der Waals surface area contributed by atoms with E-state index < -0.39 is 11.6 Å². The van der Waals surface area contributed by atoms with Crippen molar-refractivity contribution in [1.82, 2.24) is 0 Å². The second-order valence-electron chi connectivity index (χ2n) is 7.36. The van der Waals surface area contributed by atoms with Crippen molar-refractivity contribution >= 4 is 27.7 Å². The molecule has 5 nitrogen and oxygen atoms in total. The predicted molar refractivity (Wildman–Crippen MR) is 109 cm³/mol. The number of Topliss-reactive ketones (excluding diaryl/α,β-unsaturated/α-hetero) is 1. The number of carboxylic acid groups (broad SMARTS) is 1. The van der Waals surface area contributed by atoms with E-state index in [9.17, 15) is 9.59 Å². The zero-order chi connectivity index (χ0) is 20.0. The first kappa shape index (κ1) is 21.7. The summed E-state index contributed by atoms with van der Waals surface area (Å²) in [6.07, 6.45) is 4.54. The van der Waals surface area contributed by atoms with Gasteiger partial charge in [0.15, 0.2) is 5.78 Å². The molecule has 0 bridgehead atoms. The maximum absolute atomic E-state index is 12.3. The molecule has 0 aromatic heterocycles. The van der Waals surface area contributed by atoms with Gasteiger partial charge in [-0.25, -0.2) is 0 Å². The van der Waals surface area contributed by atoms with Crippen LogP contribution in [-0.2, 0) is 17.6 Å². The van der Waals surface area contributed by atoms with Gasteiger partial charge in [0.05, 0.1) is 12.2 Å². The Hall–Kier alpha value is -1.56. The molecule has 0 fully saturated rings. The normalized spacial score (nSPS) is 18.5. The maximum atomic E-state index is 12.3. The van der Waals surface area contributed by atoms with Crippen LogP contribution in [0.2, 0.25) is 0 Å². The fourth-order valence-corrected chi connectivity index (χ4v) is 3.68. The number of halogens is 1. The number of fused-ring (bicyclic) bond motifs is 1. The lowest BCUT2D eigenvalue weighted by Crippen LogP contribution is -2.37. The van der Waals surface area contributed by atoms with Crippen LogP contribution < -0.4 is 9.47 Å². The molecule has 0 saturated carbocycles. The Balaban J connectivity index is 2.46. The summed E-state index contributed by atoms with van der Waals surface area (Å²) in [5, 5.41) is 9.87. The van der Waals surface area contributed by atoms with Crippen LogP contribution in [0.15, 0.2) is 6.07 Å². The number of hydrogen-bond acceptors (Lipinski definition) is 4. The quantitative estimate of drug-likeness (QED) is 0.316. The number of ketones is 1. The highest BCUT2D eigenvalue weighted by Gasteiger charge is 2.35. The minimum Gasteiger partial charge on any atom is -0.492 e. The highest BCUT2D eigenvalue weighted by molar-refractivity contribution is 9.09. The summed E-state index contributed by atoms with van der Waals surface area (Å²) >= 11 is 3.40. The Morgan fingerprint density at radius 3 is 2.74 bits per heavy atom. The van der Waals surface area contributed by atoms with Crippen LogP contribution in [0, 0.1) is 0 Å². The number of ether oxygens (including phenoxy) is 2. The van der Waals surface area contributed by atoms with Gasteiger partial charge in [0.2, 0.25) is 0 Å². The lowest BCUT2D eigenvalue weighted by Gasteiger charge is -2.37. The summed E-state index contributed by atoms with van der Waals surface area (Å²) in [7, 11) is 0. The molecule has 0 saturated heterocycles. The van der Waals surface area contributed by atoms with Gasteiger partial charge in [0.1, 0.15) is 17.1 Å². The van der Waals surface area contributed by atoms with E-state index in [2.05, 4.69) is 22.9 Å². The fourth-order valence-electron chi connectivity index (χ4n) is 3.45. The molecule has 1 aliphatic heterocycles. The molecule has 1 N–H and O–H groups in total. The standard InChI is InChI=1S/C21H29BrO5/c1-4-6-16-19-15(7-9-21(3,27-19)10-8-18(24)25)13-17(14(2)23)20(16)26-12-5-11-22/h13H,4-12H2,1-3H3,(H,24,25). The number of hydrogen-bond donors (Lipinski definition) is 1. The highest BCUT2D eigenvalue weighted by Crippen LogP contribution is 2.44. The van der Waals surface area contributed by atoms with Crippen molar-refractivity contribution in [3.8, 4) is 11.5 Å². The van der Waals surface area contributed by atoms with Gasteiger partial charge in [-0.2, -0.15) is 0 Å². The molecular formula is C21H29BrO5. The molecule has 1 aromatic rings. The van der Waals surface area contributed by atoms with Crippen molar-refractivity contribution in [3.05, 3.63) is 22.8 Å². The first-order valence-corrected chi connectivity index (χ1v) is 10.7. The summed E-state index contributed by atoms with van der Waals surface area (Å²) in [6, 6.07) is 1.90. The van der Waals surface area contributed by atoms with Gasteiger partial charge in [-0.15, -0.1) is 0 Å². The molecule has 1 aliphatic rings. The van der Waals surface area contributed by atoms with Gasteiger partial charge in [-0.1, -0.05) is 29.3 Å². The summed E-state index contributed by atoms with van der Waals surface area (Å²) in [5.41, 5.74) is 2.06. The molecule has 0 aliphatic carbocycles. The maximum Gasteiger partial charge on any atom is 0.303 e. The average Bonchev–Trinajstić information content (AvgIpc) is 2.61. The lowest BCUT2D eigenvalue weighted by atomic mass is 9.86. The van der Waals surface area contributed by atoms with Crippen LogP contribution in [0.1, 0.15) is 74.4 Å². The smallest absolute Gasteiger partial charge is 0.303 e. The van der Waals surface area contributed by atoms with Crippen LogP contribution >= 0.6 is 15.9 Å². The van der Waals surface area contributed by atoms with Crippen molar-refractivity contribution in [2.45, 2.75) is 71.3 Å². The Bertz CT molecular complexity index is 700. The van der Waals surface area contributed by atoms with Crippen molar-refractivity contribution in [2.24, 2.45) is 0 Å². The van der Waals surface area contributed by atoms with Crippen molar-refractivity contribution in [3.63, 3.8) is 0 Å². The van der Waals surface area contributed by atoms with Crippen molar-refractivity contribution < 1.29 is 24.2 Å². The molecule has 0 amide bonds. The zero-order valence-corrected chi connectivity index (χ0v) is 18.0. The summed E-state index contributed by atoms with van der Waals surface area (Å²) in [4.78, 5) is 23.3. The van der Waals surface area contributed by atoms with Crippen LogP contribution in [0.5, 0.6) is 11.5 Å². The third kappa shape index (κ3) is 5.47. The molecule has 27 heavy (non-hydrogen) atoms. The van der Waals surface area contributed by atoms with Crippen molar-refractivity contribution in [2.75, 3.05) is 11.9 Å². The molecule has 1 unspecified atom stereocenters. The van der Waals surface area contributed by atoms with E-state index in [1.165, 1.54) is 0 Å². The number of alkyl halides is 1. The van der Waals surface area contributed by atoms with E-state index >= 15 is 0 Å². The molecule has 1 aromatic carbocycles. The largest absolute Gasteiger partial charge is 0.492 e. The molecule has 2 rings (SSSR count). The minimum atomic E-state index is -0.815. The van der Waals surface area contributed by atoms with Gasteiger partial charge in [0, 0.05) is 17.3 Å². The van der Waals surface area contributed by atoms with E-state index in [-0.39, 0.29) is 12.2 Å². The number of carboxylic acids is 1. The second-order valence-corrected chi connectivity index (χ2v) is 8.16. The van der Waals surface area contributed by atoms with Gasteiger partial charge in [0.25, 0.3) is 0 Å². The minimum absolute atomic E-state index is 0.0109. The zero-order valence-electron chi connectivity index (χ0n) is 16.4. The van der Waals surface area contributed by atoms with Gasteiger partial charge in [-0.05, 0) is 57.6 Å². The van der Waals surface area contributed by atoms with Gasteiger partial charge < -0.3 is 14.6 Å². The molecule has 0 radical (unpaired) electrons. The van der Waals surface area contributed by atoms with Crippen LogP contribution in [0.4, 0.5) is 0 Å². The number of benzene rings is 1. The molecular weight excluding hydrogens is 412 g/mol. The number of aryl methyl sites for hydroxylation is 1. The predicted octanol–water partition coefficient (Wildman–Crippen LogP) is 4.95. The fraction of sp³-hybridized carbons (Fsp3) is 0.619. The Morgan fingerprint density at radius 2 is 2.15 bits per heavy atom. The van der Waals surface area contributed by atoms with Gasteiger partial charge >= 0.3 is 5.97 Å². The third-order valence-electron chi connectivity index (χ3n) is 4.95. The Kier molecular flexibility index (Phi) is 7.71.